The fraction of sp³-hybridized carbons (Fsp3) is 0.926. The maximum atomic E-state index is 12.3. The van der Waals surface area contributed by atoms with Crippen LogP contribution < -0.4 is 4.89 Å². The van der Waals surface area contributed by atoms with Gasteiger partial charge in [-0.25, -0.2) is 0 Å². The third-order valence-electron chi connectivity index (χ3n) is 5.88. The minimum atomic E-state index is -4.59. The van der Waals surface area contributed by atoms with E-state index in [9.17, 15) is 19.0 Å². The molecule has 0 aliphatic carbocycles. The van der Waals surface area contributed by atoms with Crippen LogP contribution in [0.25, 0.3) is 0 Å². The Kier molecular flexibility index (Phi) is 21.3. The van der Waals surface area contributed by atoms with E-state index in [1.165, 1.54) is 32.1 Å². The van der Waals surface area contributed by atoms with Crippen LogP contribution in [0.15, 0.2) is 0 Å². The van der Waals surface area contributed by atoms with Crippen LogP contribution in [-0.2, 0) is 32.7 Å². The second kappa shape index (κ2) is 21.9. The number of esters is 2. The zero-order chi connectivity index (χ0) is 28.0. The summed E-state index contributed by atoms with van der Waals surface area (Å²) in [7, 11) is 1.16. The SMILES string of the molecule is CCCCCCCCCC(=O)OC[C@H](COP(=O)([O-])OCC[N+](C)(C)C)OC(=O)CCCCCCCC. The molecule has 0 aliphatic heterocycles. The van der Waals surface area contributed by atoms with E-state index in [1.54, 1.807) is 0 Å². The number of quaternary nitrogens is 1. The number of carbonyl (C=O) groups is 2. The van der Waals surface area contributed by atoms with E-state index in [2.05, 4.69) is 13.8 Å². The van der Waals surface area contributed by atoms with Gasteiger partial charge in [0.15, 0.2) is 6.10 Å². The zero-order valence-electron chi connectivity index (χ0n) is 24.2. The monoisotopic (exact) mass is 551 g/mol. The van der Waals surface area contributed by atoms with Crippen LogP contribution >= 0.6 is 7.82 Å². The molecule has 37 heavy (non-hydrogen) atoms. The van der Waals surface area contributed by atoms with Crippen LogP contribution in [0.1, 0.15) is 110 Å². The Morgan fingerprint density at radius 2 is 1.22 bits per heavy atom. The standard InChI is InChI=1S/C27H54NO8P/c1-6-8-10-12-14-16-17-19-26(29)33-23-25(36-27(30)20-18-15-13-11-9-7-2)24-35-37(31,32)34-22-21-28(3,4)5/h25H,6-24H2,1-5H3/t25-/m1/s1. The Morgan fingerprint density at radius 3 is 1.73 bits per heavy atom. The lowest BCUT2D eigenvalue weighted by Crippen LogP contribution is -2.37. The van der Waals surface area contributed by atoms with Gasteiger partial charge in [0.25, 0.3) is 7.82 Å². The van der Waals surface area contributed by atoms with Gasteiger partial charge in [0.05, 0.1) is 27.7 Å². The molecule has 220 valence electrons. The van der Waals surface area contributed by atoms with E-state index < -0.39 is 32.5 Å². The molecule has 1 unspecified atom stereocenters. The van der Waals surface area contributed by atoms with Crippen molar-refractivity contribution in [2.24, 2.45) is 0 Å². The highest BCUT2D eigenvalue weighted by Gasteiger charge is 2.21. The van der Waals surface area contributed by atoms with Crippen LogP contribution in [0.5, 0.6) is 0 Å². The predicted octanol–water partition coefficient (Wildman–Crippen LogP) is 5.54. The molecule has 2 atom stereocenters. The van der Waals surface area contributed by atoms with Gasteiger partial charge in [-0.1, -0.05) is 84.5 Å². The molecule has 0 fully saturated rings. The molecule has 0 radical (unpaired) electrons. The van der Waals surface area contributed by atoms with Crippen molar-refractivity contribution < 1.29 is 42.1 Å². The molecule has 0 aromatic carbocycles. The normalized spacial score (nSPS) is 14.2. The zero-order valence-corrected chi connectivity index (χ0v) is 25.1. The summed E-state index contributed by atoms with van der Waals surface area (Å²) in [6.45, 7) is 4.06. The fourth-order valence-electron chi connectivity index (χ4n) is 3.53. The quantitative estimate of drug-likeness (QED) is 0.0629. The Hall–Kier alpha value is -0.990. The number of carbonyl (C=O) groups excluding carboxylic acids is 2. The van der Waals surface area contributed by atoms with Gasteiger partial charge >= 0.3 is 11.9 Å². The van der Waals surface area contributed by atoms with E-state index in [-0.39, 0.29) is 26.1 Å². The maximum Gasteiger partial charge on any atom is 0.306 e. The molecule has 0 heterocycles. The molecule has 10 heteroatoms. The van der Waals surface area contributed by atoms with Gasteiger partial charge < -0.3 is 27.9 Å². The van der Waals surface area contributed by atoms with Crippen LogP contribution in [-0.4, -0.2) is 70.0 Å². The molecule has 0 saturated carbocycles. The lowest BCUT2D eigenvalue weighted by Gasteiger charge is -2.28. The predicted molar refractivity (Wildman–Crippen MR) is 144 cm³/mol. The Morgan fingerprint density at radius 1 is 0.730 bits per heavy atom. The van der Waals surface area contributed by atoms with Gasteiger partial charge in [0, 0.05) is 12.8 Å². The molecule has 9 nitrogen and oxygen atoms in total. The molecule has 0 amide bonds. The topological polar surface area (TPSA) is 111 Å². The molecule has 0 rings (SSSR count). The average Bonchev–Trinajstić information content (AvgIpc) is 2.81. The summed E-state index contributed by atoms with van der Waals surface area (Å²) in [6, 6.07) is 0. The van der Waals surface area contributed by atoms with Crippen LogP contribution in [0.4, 0.5) is 0 Å². The maximum absolute atomic E-state index is 12.3. The highest BCUT2D eigenvalue weighted by Crippen LogP contribution is 2.38. The summed E-state index contributed by atoms with van der Waals surface area (Å²) in [6.07, 6.45) is 13.3. The molecule has 0 spiro atoms. The first-order chi connectivity index (χ1) is 17.5. The van der Waals surface area contributed by atoms with Crippen molar-refractivity contribution in [1.82, 2.24) is 0 Å². The fourth-order valence-corrected chi connectivity index (χ4v) is 4.26. The number of hydrogen-bond donors (Lipinski definition) is 0. The van der Waals surface area contributed by atoms with Crippen LogP contribution in [0.3, 0.4) is 0 Å². The van der Waals surface area contributed by atoms with Gasteiger partial charge in [0.2, 0.25) is 0 Å². The molecule has 0 aliphatic rings. The summed E-state index contributed by atoms with van der Waals surface area (Å²) in [5.74, 6) is -0.853. The third kappa shape index (κ3) is 25.1. The van der Waals surface area contributed by atoms with E-state index in [0.29, 0.717) is 17.4 Å². The van der Waals surface area contributed by atoms with Crippen LogP contribution in [0.2, 0.25) is 0 Å². The van der Waals surface area contributed by atoms with Crippen molar-refractivity contribution >= 4 is 19.8 Å². The molecular weight excluding hydrogens is 497 g/mol. The number of ether oxygens (including phenoxy) is 2. The second-order valence-electron chi connectivity index (χ2n) is 10.8. The third-order valence-corrected chi connectivity index (χ3v) is 6.84. The minimum absolute atomic E-state index is 0.0276. The van der Waals surface area contributed by atoms with Gasteiger partial charge in [-0.15, -0.1) is 0 Å². The summed E-state index contributed by atoms with van der Waals surface area (Å²) in [5, 5.41) is 0. The summed E-state index contributed by atoms with van der Waals surface area (Å²) in [5.41, 5.74) is 0. The largest absolute Gasteiger partial charge is 0.756 e. The summed E-state index contributed by atoms with van der Waals surface area (Å²) < 4.78 is 33.2. The van der Waals surface area contributed by atoms with Crippen molar-refractivity contribution in [3.8, 4) is 0 Å². The molecule has 0 aromatic heterocycles. The second-order valence-corrected chi connectivity index (χ2v) is 12.2. The van der Waals surface area contributed by atoms with Gasteiger partial charge in [-0.2, -0.15) is 0 Å². The van der Waals surface area contributed by atoms with Crippen molar-refractivity contribution in [3.05, 3.63) is 0 Å². The summed E-state index contributed by atoms with van der Waals surface area (Å²) in [4.78, 5) is 36.6. The molecule has 0 bridgehead atoms. The van der Waals surface area contributed by atoms with Gasteiger partial charge in [-0.3, -0.25) is 14.2 Å². The van der Waals surface area contributed by atoms with Crippen LogP contribution in [0, 0.1) is 0 Å². The first kappa shape index (κ1) is 36.0. The van der Waals surface area contributed by atoms with Gasteiger partial charge in [-0.05, 0) is 12.8 Å². The van der Waals surface area contributed by atoms with E-state index >= 15 is 0 Å². The first-order valence-electron chi connectivity index (χ1n) is 14.2. The van der Waals surface area contributed by atoms with Crippen molar-refractivity contribution in [3.63, 3.8) is 0 Å². The lowest BCUT2D eigenvalue weighted by molar-refractivity contribution is -0.870. The van der Waals surface area contributed by atoms with Gasteiger partial charge in [0.1, 0.15) is 19.8 Å². The highest BCUT2D eigenvalue weighted by atomic mass is 31.2. The number of hydrogen-bond acceptors (Lipinski definition) is 8. The number of likely N-dealkylation sites (N-methyl/N-ethyl adjacent to an activating group) is 1. The molecule has 0 N–H and O–H groups in total. The first-order valence-corrected chi connectivity index (χ1v) is 15.7. The Bertz CT molecular complexity index is 638. The Labute approximate surface area is 225 Å². The highest BCUT2D eigenvalue weighted by molar-refractivity contribution is 7.45. The number of phosphoric acid groups is 1. The number of phosphoric ester groups is 1. The summed E-state index contributed by atoms with van der Waals surface area (Å²) >= 11 is 0. The van der Waals surface area contributed by atoms with E-state index in [0.717, 1.165) is 44.9 Å². The lowest BCUT2D eigenvalue weighted by atomic mass is 10.1. The van der Waals surface area contributed by atoms with Crippen molar-refractivity contribution in [2.45, 2.75) is 116 Å². The molecule has 0 aromatic rings. The number of rotatable bonds is 25. The molecule has 0 saturated heterocycles. The van der Waals surface area contributed by atoms with Crippen molar-refractivity contribution in [1.29, 1.82) is 0 Å². The smallest absolute Gasteiger partial charge is 0.306 e. The minimum Gasteiger partial charge on any atom is -0.756 e. The van der Waals surface area contributed by atoms with E-state index in [1.807, 2.05) is 21.1 Å². The molecular formula is C27H54NO8P. The van der Waals surface area contributed by atoms with Crippen molar-refractivity contribution in [2.75, 3.05) is 47.5 Å². The number of nitrogens with zero attached hydrogens (tertiary/aromatic N) is 1. The van der Waals surface area contributed by atoms with E-state index in [4.69, 9.17) is 18.5 Å². The number of unbranched alkanes of at least 4 members (excludes halogenated alkanes) is 11. The Balaban J connectivity index is 4.58. The average molecular weight is 552 g/mol.